The molecule has 0 radical (unpaired) electrons. The van der Waals surface area contributed by atoms with Crippen molar-refractivity contribution in [2.45, 2.75) is 31.2 Å². The predicted molar refractivity (Wildman–Crippen MR) is 110 cm³/mol. The zero-order valence-electron chi connectivity index (χ0n) is 15.2. The number of amides is 1. The van der Waals surface area contributed by atoms with Gasteiger partial charge in [0.2, 0.25) is 11.1 Å². The summed E-state index contributed by atoms with van der Waals surface area (Å²) >= 11 is 7.35. The molecule has 140 valence electrons. The highest BCUT2D eigenvalue weighted by Crippen LogP contribution is 2.28. The van der Waals surface area contributed by atoms with Crippen molar-refractivity contribution in [1.82, 2.24) is 14.9 Å². The fourth-order valence-corrected chi connectivity index (χ4v) is 3.50. The Morgan fingerprint density at radius 2 is 1.93 bits per heavy atom. The van der Waals surface area contributed by atoms with Crippen LogP contribution in [-0.4, -0.2) is 26.0 Å². The first-order chi connectivity index (χ1) is 12.9. The number of hydrogen-bond acceptors (Lipinski definition) is 5. The first kappa shape index (κ1) is 19.3. The smallest absolute Gasteiger partial charge is 0.237 e. The van der Waals surface area contributed by atoms with E-state index in [2.05, 4.69) is 15.5 Å². The molecule has 0 fully saturated rings. The van der Waals surface area contributed by atoms with Gasteiger partial charge >= 0.3 is 0 Å². The van der Waals surface area contributed by atoms with Gasteiger partial charge in [-0.1, -0.05) is 53.7 Å². The number of anilines is 1. The summed E-state index contributed by atoms with van der Waals surface area (Å²) in [5.74, 6) is 6.57. The molecule has 3 aromatic rings. The number of rotatable bonds is 5. The third-order valence-electron chi connectivity index (χ3n) is 4.23. The average molecular weight is 402 g/mol. The lowest BCUT2D eigenvalue weighted by Crippen LogP contribution is -2.24. The van der Waals surface area contributed by atoms with Crippen LogP contribution in [0.4, 0.5) is 5.69 Å². The number of aromatic nitrogens is 3. The minimum absolute atomic E-state index is 0.161. The first-order valence-electron chi connectivity index (χ1n) is 8.37. The van der Waals surface area contributed by atoms with Gasteiger partial charge in [0.05, 0.1) is 5.25 Å². The monoisotopic (exact) mass is 401 g/mol. The molecule has 0 saturated carbocycles. The number of nitrogens with zero attached hydrogens (tertiary/aromatic N) is 3. The fraction of sp³-hybridized carbons (Fsp3) is 0.211. The maximum Gasteiger partial charge on any atom is 0.237 e. The summed E-state index contributed by atoms with van der Waals surface area (Å²) in [7, 11) is 0. The van der Waals surface area contributed by atoms with Gasteiger partial charge in [-0.15, -0.1) is 10.2 Å². The molecule has 6 nitrogen and oxygen atoms in total. The van der Waals surface area contributed by atoms with E-state index in [1.54, 1.807) is 19.1 Å². The van der Waals surface area contributed by atoms with Crippen LogP contribution in [0, 0.1) is 13.8 Å². The number of carbonyl (C=O) groups excluding carboxylic acids is 1. The molecule has 27 heavy (non-hydrogen) atoms. The van der Waals surface area contributed by atoms with Gasteiger partial charge in [-0.05, 0) is 44.0 Å². The van der Waals surface area contributed by atoms with Crippen molar-refractivity contribution in [2.24, 2.45) is 0 Å². The number of nitrogens with two attached hydrogens (primary N) is 1. The Balaban J connectivity index is 1.75. The van der Waals surface area contributed by atoms with Gasteiger partial charge in [-0.3, -0.25) is 4.79 Å². The highest BCUT2D eigenvalue weighted by atomic mass is 35.5. The number of benzene rings is 2. The molecule has 0 bridgehead atoms. The maximum atomic E-state index is 12.5. The van der Waals surface area contributed by atoms with E-state index in [4.69, 9.17) is 17.4 Å². The number of thioether (sulfide) groups is 1. The number of aryl methyl sites for hydroxylation is 1. The molecule has 3 rings (SSSR count). The summed E-state index contributed by atoms with van der Waals surface area (Å²) in [6.45, 7) is 5.64. The molecule has 1 heterocycles. The largest absolute Gasteiger partial charge is 0.335 e. The molecule has 0 aliphatic rings. The average Bonchev–Trinajstić information content (AvgIpc) is 3.00. The Kier molecular flexibility index (Phi) is 5.72. The van der Waals surface area contributed by atoms with Crippen molar-refractivity contribution in [2.75, 3.05) is 11.2 Å². The molecule has 0 aliphatic carbocycles. The number of nitrogen functional groups attached to an aromatic ring is 1. The number of carbonyl (C=O) groups is 1. The normalized spacial score (nSPS) is 12.0. The van der Waals surface area contributed by atoms with Gasteiger partial charge in [-0.25, -0.2) is 4.68 Å². The van der Waals surface area contributed by atoms with Gasteiger partial charge < -0.3 is 11.2 Å². The summed E-state index contributed by atoms with van der Waals surface area (Å²) in [4.78, 5) is 12.5. The number of halogens is 1. The first-order valence-corrected chi connectivity index (χ1v) is 9.63. The molecule has 0 aliphatic heterocycles. The van der Waals surface area contributed by atoms with E-state index in [9.17, 15) is 4.79 Å². The predicted octanol–water partition coefficient (Wildman–Crippen LogP) is 4.05. The lowest BCUT2D eigenvalue weighted by molar-refractivity contribution is -0.115. The molecule has 0 saturated heterocycles. The SMILES string of the molecule is Cc1ccccc1-c1nnc(S[C@H](C)C(=O)Nc2cccc(Cl)c2C)n1N. The highest BCUT2D eigenvalue weighted by Gasteiger charge is 2.21. The Morgan fingerprint density at radius 1 is 1.19 bits per heavy atom. The van der Waals surface area contributed by atoms with Crippen LogP contribution in [-0.2, 0) is 4.79 Å². The summed E-state index contributed by atoms with van der Waals surface area (Å²) < 4.78 is 1.42. The molecular formula is C19H20ClN5OS. The van der Waals surface area contributed by atoms with Crippen molar-refractivity contribution in [1.29, 1.82) is 0 Å². The minimum Gasteiger partial charge on any atom is -0.335 e. The third-order valence-corrected chi connectivity index (χ3v) is 5.69. The molecule has 0 spiro atoms. The quantitative estimate of drug-likeness (QED) is 0.497. The van der Waals surface area contributed by atoms with Gasteiger partial charge in [-0.2, -0.15) is 0 Å². The molecule has 2 aromatic carbocycles. The van der Waals surface area contributed by atoms with Gasteiger partial charge in [0.15, 0.2) is 5.82 Å². The summed E-state index contributed by atoms with van der Waals surface area (Å²) in [6, 6.07) is 13.2. The number of hydrogen-bond donors (Lipinski definition) is 2. The van der Waals surface area contributed by atoms with E-state index in [1.807, 2.05) is 44.2 Å². The van der Waals surface area contributed by atoms with Gasteiger partial charge in [0.25, 0.3) is 0 Å². The van der Waals surface area contributed by atoms with E-state index < -0.39 is 5.25 Å². The highest BCUT2D eigenvalue weighted by molar-refractivity contribution is 8.00. The summed E-state index contributed by atoms with van der Waals surface area (Å²) in [6.07, 6.45) is 0. The van der Waals surface area contributed by atoms with Crippen molar-refractivity contribution < 1.29 is 4.79 Å². The van der Waals surface area contributed by atoms with Crippen molar-refractivity contribution in [3.05, 3.63) is 58.6 Å². The minimum atomic E-state index is -0.417. The zero-order chi connectivity index (χ0) is 19.6. The van der Waals surface area contributed by atoms with E-state index in [0.29, 0.717) is 21.7 Å². The fourth-order valence-electron chi connectivity index (χ4n) is 2.55. The third kappa shape index (κ3) is 4.09. The molecule has 0 unspecified atom stereocenters. The second-order valence-electron chi connectivity index (χ2n) is 6.15. The molecule has 1 amide bonds. The molecule has 8 heteroatoms. The molecule has 1 atom stereocenters. The van der Waals surface area contributed by atoms with Crippen molar-refractivity contribution in [3.8, 4) is 11.4 Å². The van der Waals surface area contributed by atoms with Crippen LogP contribution >= 0.6 is 23.4 Å². The number of nitrogens with one attached hydrogen (secondary N) is 1. The van der Waals surface area contributed by atoms with Crippen LogP contribution < -0.4 is 11.2 Å². The second kappa shape index (κ2) is 8.02. The Hall–Kier alpha value is -2.51. The van der Waals surface area contributed by atoms with E-state index >= 15 is 0 Å². The van der Waals surface area contributed by atoms with Crippen LogP contribution in [0.25, 0.3) is 11.4 Å². The summed E-state index contributed by atoms with van der Waals surface area (Å²) in [5, 5.41) is 11.9. The molecule has 1 aromatic heterocycles. The van der Waals surface area contributed by atoms with E-state index in [-0.39, 0.29) is 5.91 Å². The molecule has 3 N–H and O–H groups in total. The van der Waals surface area contributed by atoms with Crippen LogP contribution in [0.2, 0.25) is 5.02 Å². The topological polar surface area (TPSA) is 85.8 Å². The van der Waals surface area contributed by atoms with Crippen LogP contribution in [0.1, 0.15) is 18.1 Å². The van der Waals surface area contributed by atoms with Gasteiger partial charge in [0.1, 0.15) is 0 Å². The maximum absolute atomic E-state index is 12.5. The second-order valence-corrected chi connectivity index (χ2v) is 7.87. The lowest BCUT2D eigenvalue weighted by atomic mass is 10.1. The standard InChI is InChI=1S/C19H20ClN5OS/c1-11-7-4-5-8-14(11)17-23-24-19(25(17)21)27-13(3)18(26)22-16-10-6-9-15(20)12(16)2/h4-10,13H,21H2,1-3H3,(H,22,26)/t13-/m1/s1. The van der Waals surface area contributed by atoms with Crippen molar-refractivity contribution >= 4 is 35.0 Å². The van der Waals surface area contributed by atoms with Crippen LogP contribution in [0.5, 0.6) is 0 Å². The van der Waals surface area contributed by atoms with Crippen molar-refractivity contribution in [3.63, 3.8) is 0 Å². The van der Waals surface area contributed by atoms with Gasteiger partial charge in [0, 0.05) is 16.3 Å². The summed E-state index contributed by atoms with van der Waals surface area (Å²) in [5.41, 5.74) is 3.48. The van der Waals surface area contributed by atoms with Crippen LogP contribution in [0.3, 0.4) is 0 Å². The Bertz CT molecular complexity index is 988. The lowest BCUT2D eigenvalue weighted by Gasteiger charge is -2.13. The van der Waals surface area contributed by atoms with E-state index in [0.717, 1.165) is 16.7 Å². The Morgan fingerprint density at radius 3 is 2.67 bits per heavy atom. The van der Waals surface area contributed by atoms with Crippen LogP contribution in [0.15, 0.2) is 47.6 Å². The Labute approximate surface area is 167 Å². The zero-order valence-corrected chi connectivity index (χ0v) is 16.8. The van der Waals surface area contributed by atoms with E-state index in [1.165, 1.54) is 16.4 Å². The molecular weight excluding hydrogens is 382 g/mol.